The van der Waals surface area contributed by atoms with Crippen LogP contribution < -0.4 is 10.6 Å². The molecule has 0 saturated heterocycles. The van der Waals surface area contributed by atoms with E-state index in [-0.39, 0.29) is 24.3 Å². The Morgan fingerprint density at radius 3 is 2.30 bits per heavy atom. The largest absolute Gasteiger partial charge is 0.464 e. The third-order valence-electron chi connectivity index (χ3n) is 4.09. The maximum Gasteiger partial charge on any atom is 0.340 e. The standard InChI is InChI=1S/C20H30F2N2O3/c1-6-27-17(25)16(22)11-12-19(2,3)13-20(4,5)24-18(26)23-15-9-7-14(21)8-10-15/h7-10,16H,6,11-13H2,1-5H3,(H2,23,24,26). The number of amides is 2. The number of alkyl halides is 1. The minimum atomic E-state index is -1.64. The van der Waals surface area contributed by atoms with Gasteiger partial charge in [-0.25, -0.2) is 18.4 Å². The number of carbonyl (C=O) groups is 2. The van der Waals surface area contributed by atoms with Gasteiger partial charge in [0.15, 0.2) is 6.17 Å². The zero-order valence-electron chi connectivity index (χ0n) is 16.7. The number of rotatable bonds is 9. The minimum absolute atomic E-state index is 0.0731. The highest BCUT2D eigenvalue weighted by molar-refractivity contribution is 5.89. The number of anilines is 1. The van der Waals surface area contributed by atoms with E-state index in [1.165, 1.54) is 24.3 Å². The fourth-order valence-corrected chi connectivity index (χ4v) is 3.20. The van der Waals surface area contributed by atoms with E-state index in [4.69, 9.17) is 0 Å². The van der Waals surface area contributed by atoms with Gasteiger partial charge in [-0.1, -0.05) is 13.8 Å². The van der Waals surface area contributed by atoms with E-state index >= 15 is 0 Å². The first kappa shape index (κ1) is 22.9. The zero-order valence-corrected chi connectivity index (χ0v) is 16.7. The molecule has 0 bridgehead atoms. The molecule has 0 heterocycles. The molecule has 0 saturated carbocycles. The van der Waals surface area contributed by atoms with Crippen LogP contribution in [0.15, 0.2) is 24.3 Å². The SMILES string of the molecule is CCOC(=O)C(F)CCC(C)(C)CC(C)(C)NC(=O)Nc1ccc(F)cc1. The van der Waals surface area contributed by atoms with Crippen molar-refractivity contribution in [1.29, 1.82) is 0 Å². The fourth-order valence-electron chi connectivity index (χ4n) is 3.20. The Balaban J connectivity index is 2.54. The summed E-state index contributed by atoms with van der Waals surface area (Å²) in [5, 5.41) is 5.53. The predicted octanol–water partition coefficient (Wildman–Crippen LogP) is 4.82. The Morgan fingerprint density at radius 2 is 1.74 bits per heavy atom. The second kappa shape index (κ2) is 9.67. The third kappa shape index (κ3) is 8.84. The molecule has 1 unspecified atom stereocenters. The van der Waals surface area contributed by atoms with Crippen molar-refractivity contribution in [2.45, 2.75) is 65.6 Å². The Labute approximate surface area is 159 Å². The predicted molar refractivity (Wildman–Crippen MR) is 102 cm³/mol. The molecular weight excluding hydrogens is 354 g/mol. The number of benzene rings is 1. The van der Waals surface area contributed by atoms with Gasteiger partial charge in [0.25, 0.3) is 0 Å². The van der Waals surface area contributed by atoms with Crippen LogP contribution in [0.5, 0.6) is 0 Å². The van der Waals surface area contributed by atoms with Gasteiger partial charge in [0.05, 0.1) is 6.61 Å². The van der Waals surface area contributed by atoms with Gasteiger partial charge in [0, 0.05) is 11.2 Å². The second-order valence-electron chi connectivity index (χ2n) is 8.07. The van der Waals surface area contributed by atoms with Crippen LogP contribution in [0.2, 0.25) is 0 Å². The monoisotopic (exact) mass is 384 g/mol. The number of ether oxygens (including phenoxy) is 1. The summed E-state index contributed by atoms with van der Waals surface area (Å²) in [5.41, 5.74) is -0.383. The van der Waals surface area contributed by atoms with Gasteiger partial charge in [0.1, 0.15) is 5.82 Å². The summed E-state index contributed by atoms with van der Waals surface area (Å²) in [6.45, 7) is 9.47. The van der Waals surface area contributed by atoms with E-state index in [2.05, 4.69) is 15.4 Å². The van der Waals surface area contributed by atoms with E-state index in [0.29, 0.717) is 18.5 Å². The van der Waals surface area contributed by atoms with Crippen LogP contribution in [-0.4, -0.2) is 30.3 Å². The maximum atomic E-state index is 13.8. The fraction of sp³-hybridized carbons (Fsp3) is 0.600. The van der Waals surface area contributed by atoms with Gasteiger partial charge in [-0.2, -0.15) is 0 Å². The minimum Gasteiger partial charge on any atom is -0.464 e. The molecule has 0 aliphatic heterocycles. The number of nitrogens with one attached hydrogen (secondary N) is 2. The topological polar surface area (TPSA) is 67.4 Å². The van der Waals surface area contributed by atoms with Gasteiger partial charge in [-0.05, 0) is 69.7 Å². The van der Waals surface area contributed by atoms with Crippen molar-refractivity contribution in [1.82, 2.24) is 5.32 Å². The van der Waals surface area contributed by atoms with Gasteiger partial charge < -0.3 is 15.4 Å². The Kier molecular flexibility index (Phi) is 8.19. The van der Waals surface area contributed by atoms with E-state index in [1.54, 1.807) is 6.92 Å². The first-order valence-corrected chi connectivity index (χ1v) is 9.09. The first-order chi connectivity index (χ1) is 12.4. The smallest absolute Gasteiger partial charge is 0.340 e. The summed E-state index contributed by atoms with van der Waals surface area (Å²) < 4.78 is 31.4. The van der Waals surface area contributed by atoms with Crippen LogP contribution in [0.4, 0.5) is 19.3 Å². The van der Waals surface area contributed by atoms with Crippen LogP contribution in [0.25, 0.3) is 0 Å². The lowest BCUT2D eigenvalue weighted by atomic mass is 9.76. The van der Waals surface area contributed by atoms with E-state index in [9.17, 15) is 18.4 Å². The molecule has 1 atom stereocenters. The number of halogens is 2. The van der Waals surface area contributed by atoms with Crippen LogP contribution >= 0.6 is 0 Å². The molecule has 0 aliphatic carbocycles. The number of carbonyl (C=O) groups excluding carboxylic acids is 2. The summed E-state index contributed by atoms with van der Waals surface area (Å²) in [6, 6.07) is 5.07. The number of hydrogen-bond donors (Lipinski definition) is 2. The molecule has 27 heavy (non-hydrogen) atoms. The third-order valence-corrected chi connectivity index (χ3v) is 4.09. The van der Waals surface area contributed by atoms with Gasteiger partial charge in [-0.3, -0.25) is 0 Å². The average molecular weight is 384 g/mol. The van der Waals surface area contributed by atoms with Crippen molar-refractivity contribution >= 4 is 17.7 Å². The maximum absolute atomic E-state index is 13.8. The van der Waals surface area contributed by atoms with Gasteiger partial charge in [-0.15, -0.1) is 0 Å². The zero-order chi connectivity index (χ0) is 20.7. The van der Waals surface area contributed by atoms with Crippen molar-refractivity contribution in [3.63, 3.8) is 0 Å². The summed E-state index contributed by atoms with van der Waals surface area (Å²) in [7, 11) is 0. The molecular formula is C20H30F2N2O3. The first-order valence-electron chi connectivity index (χ1n) is 9.09. The van der Waals surface area contributed by atoms with Crippen LogP contribution in [0, 0.1) is 11.2 Å². The molecule has 0 spiro atoms. The molecule has 0 fully saturated rings. The van der Waals surface area contributed by atoms with E-state index in [0.717, 1.165) is 0 Å². The lowest BCUT2D eigenvalue weighted by Crippen LogP contribution is -2.48. The van der Waals surface area contributed by atoms with Crippen molar-refractivity contribution in [2.75, 3.05) is 11.9 Å². The summed E-state index contributed by atoms with van der Waals surface area (Å²) in [6.07, 6.45) is -0.518. The van der Waals surface area contributed by atoms with E-state index < -0.39 is 23.7 Å². The second-order valence-corrected chi connectivity index (χ2v) is 8.07. The highest BCUT2D eigenvalue weighted by atomic mass is 19.1. The molecule has 1 aromatic rings. The van der Waals surface area contributed by atoms with Crippen LogP contribution in [-0.2, 0) is 9.53 Å². The highest BCUT2D eigenvalue weighted by Crippen LogP contribution is 2.33. The summed E-state index contributed by atoms with van der Waals surface area (Å²) in [5.74, 6) is -1.21. The highest BCUT2D eigenvalue weighted by Gasteiger charge is 2.31. The molecule has 1 rings (SSSR count). The van der Waals surface area contributed by atoms with E-state index in [1.807, 2.05) is 27.7 Å². The molecule has 7 heteroatoms. The summed E-state index contributed by atoms with van der Waals surface area (Å²) in [4.78, 5) is 23.6. The molecule has 2 N–H and O–H groups in total. The lowest BCUT2D eigenvalue weighted by molar-refractivity contribution is -0.149. The average Bonchev–Trinajstić information content (AvgIpc) is 2.53. The van der Waals surface area contributed by atoms with Gasteiger partial charge in [0.2, 0.25) is 0 Å². The van der Waals surface area contributed by atoms with Crippen LogP contribution in [0.3, 0.4) is 0 Å². The molecule has 152 valence electrons. The van der Waals surface area contributed by atoms with Crippen molar-refractivity contribution in [3.05, 3.63) is 30.1 Å². The van der Waals surface area contributed by atoms with Crippen molar-refractivity contribution < 1.29 is 23.1 Å². The van der Waals surface area contributed by atoms with Crippen molar-refractivity contribution in [2.24, 2.45) is 5.41 Å². The molecule has 1 aromatic carbocycles. The number of esters is 1. The Morgan fingerprint density at radius 1 is 1.15 bits per heavy atom. The lowest BCUT2D eigenvalue weighted by Gasteiger charge is -2.36. The van der Waals surface area contributed by atoms with Crippen LogP contribution in [0.1, 0.15) is 53.9 Å². The quantitative estimate of drug-likeness (QED) is 0.600. The number of urea groups is 1. The normalized spacial score (nSPS) is 13.0. The molecule has 2 amide bonds. The Hall–Kier alpha value is -2.18. The molecule has 5 nitrogen and oxygen atoms in total. The number of hydrogen-bond acceptors (Lipinski definition) is 3. The molecule has 0 aromatic heterocycles. The van der Waals surface area contributed by atoms with Crippen molar-refractivity contribution in [3.8, 4) is 0 Å². The Bertz CT molecular complexity index is 631. The molecule has 0 radical (unpaired) electrons. The molecule has 0 aliphatic rings. The summed E-state index contributed by atoms with van der Waals surface area (Å²) >= 11 is 0. The van der Waals surface area contributed by atoms with Gasteiger partial charge >= 0.3 is 12.0 Å².